The number of hydrogen-bond acceptors (Lipinski definition) is 3. The number of fused-ring (bicyclic) bond motifs is 1. The zero-order valence-corrected chi connectivity index (χ0v) is 10.7. The minimum atomic E-state index is -0.381. The number of nitrogens with two attached hydrogens (primary N) is 1. The first-order valence-corrected chi connectivity index (χ1v) is 6.05. The summed E-state index contributed by atoms with van der Waals surface area (Å²) in [4.78, 5) is 4.34. The molecule has 5 heteroatoms. The van der Waals surface area contributed by atoms with Crippen molar-refractivity contribution in [3.05, 3.63) is 46.7 Å². The average Bonchev–Trinajstić information content (AvgIpc) is 2.74. The Hall–Kier alpha value is -1.88. The summed E-state index contributed by atoms with van der Waals surface area (Å²) in [7, 11) is 0. The second-order valence-electron chi connectivity index (χ2n) is 3.84. The van der Waals surface area contributed by atoms with Gasteiger partial charge in [-0.05, 0) is 46.3 Å². The molecular weight excluding hydrogens is 299 g/mol. The highest BCUT2D eigenvalue weighted by atomic mass is 79.9. The van der Waals surface area contributed by atoms with Gasteiger partial charge in [-0.3, -0.25) is 0 Å². The van der Waals surface area contributed by atoms with E-state index in [1.165, 1.54) is 12.1 Å². The van der Waals surface area contributed by atoms with Crippen LogP contribution in [0.4, 0.5) is 10.1 Å². The molecule has 1 heterocycles. The zero-order valence-electron chi connectivity index (χ0n) is 9.15. The zero-order chi connectivity index (χ0) is 12.7. The maximum Gasteiger partial charge on any atom is 0.229 e. The van der Waals surface area contributed by atoms with Crippen LogP contribution in [-0.4, -0.2) is 4.98 Å². The van der Waals surface area contributed by atoms with E-state index in [2.05, 4.69) is 20.9 Å². The molecule has 0 radical (unpaired) electrons. The standard InChI is InChI=1S/C13H8BrFN2O/c14-9-2-1-3-11-12(9)18-13(17-11)8-5-4-7(15)6-10(8)16/h1-6H,16H2. The predicted molar refractivity (Wildman–Crippen MR) is 71.5 cm³/mol. The van der Waals surface area contributed by atoms with Gasteiger partial charge in [0.05, 0.1) is 10.0 Å². The third-order valence-electron chi connectivity index (χ3n) is 2.61. The number of halogens is 2. The normalized spacial score (nSPS) is 11.0. The highest BCUT2D eigenvalue weighted by Gasteiger charge is 2.13. The van der Waals surface area contributed by atoms with Gasteiger partial charge in [0.15, 0.2) is 5.58 Å². The van der Waals surface area contributed by atoms with E-state index < -0.39 is 0 Å². The molecular formula is C13H8BrFN2O. The largest absolute Gasteiger partial charge is 0.435 e. The molecule has 0 aliphatic rings. The smallest absolute Gasteiger partial charge is 0.229 e. The Morgan fingerprint density at radius 3 is 2.78 bits per heavy atom. The summed E-state index contributed by atoms with van der Waals surface area (Å²) < 4.78 is 19.5. The van der Waals surface area contributed by atoms with E-state index in [-0.39, 0.29) is 5.82 Å². The van der Waals surface area contributed by atoms with Crippen molar-refractivity contribution in [1.29, 1.82) is 0 Å². The first kappa shape index (κ1) is 11.2. The van der Waals surface area contributed by atoms with E-state index in [9.17, 15) is 4.39 Å². The van der Waals surface area contributed by atoms with Crippen LogP contribution in [0.25, 0.3) is 22.6 Å². The molecule has 1 aromatic heterocycles. The first-order chi connectivity index (χ1) is 8.65. The Morgan fingerprint density at radius 1 is 1.22 bits per heavy atom. The van der Waals surface area contributed by atoms with Crippen molar-refractivity contribution in [2.45, 2.75) is 0 Å². The number of para-hydroxylation sites is 1. The molecule has 3 rings (SSSR count). The van der Waals surface area contributed by atoms with Crippen LogP contribution in [-0.2, 0) is 0 Å². The molecule has 0 atom stereocenters. The number of hydrogen-bond donors (Lipinski definition) is 1. The molecule has 0 fully saturated rings. The van der Waals surface area contributed by atoms with E-state index in [0.717, 1.165) is 9.99 Å². The molecule has 0 aliphatic heterocycles. The molecule has 18 heavy (non-hydrogen) atoms. The Kier molecular flexibility index (Phi) is 2.56. The molecule has 0 saturated heterocycles. The second kappa shape index (κ2) is 4.10. The summed E-state index contributed by atoms with van der Waals surface area (Å²) in [5.41, 5.74) is 8.02. The maximum absolute atomic E-state index is 13.0. The lowest BCUT2D eigenvalue weighted by Crippen LogP contribution is -1.91. The third-order valence-corrected chi connectivity index (χ3v) is 3.24. The van der Waals surface area contributed by atoms with E-state index in [0.29, 0.717) is 22.7 Å². The Morgan fingerprint density at radius 2 is 2.06 bits per heavy atom. The summed E-state index contributed by atoms with van der Waals surface area (Å²) >= 11 is 3.39. The van der Waals surface area contributed by atoms with Crippen molar-refractivity contribution in [1.82, 2.24) is 4.98 Å². The van der Waals surface area contributed by atoms with Gasteiger partial charge in [-0.15, -0.1) is 0 Å². The van der Waals surface area contributed by atoms with Crippen LogP contribution in [0.1, 0.15) is 0 Å². The lowest BCUT2D eigenvalue weighted by molar-refractivity contribution is 0.615. The fourth-order valence-corrected chi connectivity index (χ4v) is 2.20. The Labute approximate surface area is 111 Å². The molecule has 0 spiro atoms. The average molecular weight is 307 g/mol. The summed E-state index contributed by atoms with van der Waals surface area (Å²) in [6.45, 7) is 0. The lowest BCUT2D eigenvalue weighted by atomic mass is 10.2. The molecule has 3 nitrogen and oxygen atoms in total. The van der Waals surface area contributed by atoms with E-state index in [4.69, 9.17) is 10.2 Å². The van der Waals surface area contributed by atoms with Gasteiger partial charge in [-0.2, -0.15) is 0 Å². The van der Waals surface area contributed by atoms with E-state index in [1.807, 2.05) is 18.2 Å². The summed E-state index contributed by atoms with van der Waals surface area (Å²) in [5.74, 6) is 0.00272. The molecule has 0 amide bonds. The van der Waals surface area contributed by atoms with Crippen LogP contribution in [0.2, 0.25) is 0 Å². The van der Waals surface area contributed by atoms with Gasteiger partial charge >= 0.3 is 0 Å². The van der Waals surface area contributed by atoms with Gasteiger partial charge in [0.2, 0.25) is 5.89 Å². The van der Waals surface area contributed by atoms with Crippen LogP contribution in [0, 0.1) is 5.82 Å². The van der Waals surface area contributed by atoms with Gasteiger partial charge in [0, 0.05) is 5.69 Å². The Balaban J connectivity index is 2.23. The van der Waals surface area contributed by atoms with E-state index >= 15 is 0 Å². The van der Waals surface area contributed by atoms with Crippen LogP contribution in [0.3, 0.4) is 0 Å². The van der Waals surface area contributed by atoms with Gasteiger partial charge in [0.1, 0.15) is 11.3 Å². The molecule has 0 unspecified atom stereocenters. The summed E-state index contributed by atoms with van der Waals surface area (Å²) in [6.07, 6.45) is 0. The van der Waals surface area contributed by atoms with Crippen LogP contribution in [0.5, 0.6) is 0 Å². The fraction of sp³-hybridized carbons (Fsp3) is 0. The van der Waals surface area contributed by atoms with E-state index in [1.54, 1.807) is 6.07 Å². The van der Waals surface area contributed by atoms with Crippen molar-refractivity contribution in [2.75, 3.05) is 5.73 Å². The predicted octanol–water partition coefficient (Wildman–Crippen LogP) is 3.98. The lowest BCUT2D eigenvalue weighted by Gasteiger charge is -2.00. The number of nitrogen functional groups attached to an aromatic ring is 1. The van der Waals surface area contributed by atoms with Crippen molar-refractivity contribution < 1.29 is 8.81 Å². The minimum Gasteiger partial charge on any atom is -0.435 e. The number of anilines is 1. The molecule has 0 aliphatic carbocycles. The third kappa shape index (κ3) is 1.76. The van der Waals surface area contributed by atoms with Crippen molar-refractivity contribution >= 4 is 32.7 Å². The van der Waals surface area contributed by atoms with Gasteiger partial charge in [-0.1, -0.05) is 6.07 Å². The van der Waals surface area contributed by atoms with Crippen LogP contribution in [0.15, 0.2) is 45.3 Å². The molecule has 0 saturated carbocycles. The number of oxazole rings is 1. The number of aromatic nitrogens is 1. The van der Waals surface area contributed by atoms with Crippen molar-refractivity contribution in [3.63, 3.8) is 0 Å². The highest BCUT2D eigenvalue weighted by molar-refractivity contribution is 9.10. The molecule has 3 aromatic rings. The molecule has 2 aromatic carbocycles. The SMILES string of the molecule is Nc1cc(F)ccc1-c1nc2cccc(Br)c2o1. The topological polar surface area (TPSA) is 52.0 Å². The summed E-state index contributed by atoms with van der Waals surface area (Å²) in [5, 5.41) is 0. The summed E-state index contributed by atoms with van der Waals surface area (Å²) in [6, 6.07) is 9.71. The van der Waals surface area contributed by atoms with Crippen LogP contribution >= 0.6 is 15.9 Å². The number of rotatable bonds is 1. The van der Waals surface area contributed by atoms with Crippen molar-refractivity contribution in [3.8, 4) is 11.5 Å². The molecule has 0 bridgehead atoms. The van der Waals surface area contributed by atoms with Gasteiger partial charge < -0.3 is 10.2 Å². The van der Waals surface area contributed by atoms with Gasteiger partial charge in [0.25, 0.3) is 0 Å². The first-order valence-electron chi connectivity index (χ1n) is 5.25. The highest BCUT2D eigenvalue weighted by Crippen LogP contribution is 2.31. The maximum atomic E-state index is 13.0. The monoisotopic (exact) mass is 306 g/mol. The van der Waals surface area contributed by atoms with Crippen LogP contribution < -0.4 is 5.73 Å². The molecule has 2 N–H and O–H groups in total. The minimum absolute atomic E-state index is 0.303. The second-order valence-corrected chi connectivity index (χ2v) is 4.69. The quantitative estimate of drug-likeness (QED) is 0.692. The van der Waals surface area contributed by atoms with Gasteiger partial charge in [-0.25, -0.2) is 9.37 Å². The molecule has 90 valence electrons. The van der Waals surface area contributed by atoms with Crippen molar-refractivity contribution in [2.24, 2.45) is 0 Å². The number of nitrogens with zero attached hydrogens (tertiary/aromatic N) is 1. The fourth-order valence-electron chi connectivity index (χ4n) is 1.76. The Bertz CT molecular complexity index is 739. The number of benzene rings is 2.